The Morgan fingerprint density at radius 3 is 2.75 bits per heavy atom. The van der Waals surface area contributed by atoms with Gasteiger partial charge in [-0.2, -0.15) is 0 Å². The zero-order valence-electron chi connectivity index (χ0n) is 13.1. The van der Waals surface area contributed by atoms with Crippen LogP contribution in [0, 0.1) is 0 Å². The Kier molecular flexibility index (Phi) is 5.10. The van der Waals surface area contributed by atoms with Gasteiger partial charge in [-0.25, -0.2) is 0 Å². The number of nitrogens with one attached hydrogen (secondary N) is 1. The second-order valence-corrected chi connectivity index (χ2v) is 6.67. The number of rotatable bonds is 6. The van der Waals surface area contributed by atoms with Gasteiger partial charge in [-0.3, -0.25) is 14.4 Å². The molecule has 3 rings (SSSR count). The van der Waals surface area contributed by atoms with Gasteiger partial charge in [0, 0.05) is 29.7 Å². The lowest BCUT2D eigenvalue weighted by Gasteiger charge is -2.13. The minimum absolute atomic E-state index is 0.0961. The number of nitrogens with zero attached hydrogens (tertiary/aromatic N) is 1. The van der Waals surface area contributed by atoms with Gasteiger partial charge in [0.05, 0.1) is 6.42 Å². The smallest absolute Gasteiger partial charge is 0.311 e. The van der Waals surface area contributed by atoms with Crippen molar-refractivity contribution in [2.24, 2.45) is 0 Å². The lowest BCUT2D eigenvalue weighted by atomic mass is 10.2. The molecule has 24 heavy (non-hydrogen) atoms. The van der Waals surface area contributed by atoms with E-state index in [9.17, 15) is 14.4 Å². The third-order valence-electron chi connectivity index (χ3n) is 3.89. The quantitative estimate of drug-likeness (QED) is 0.643. The minimum Gasteiger partial charge on any atom is -0.457 e. The SMILES string of the molecule is O=C(Cc1cccs1)OCC(=O)c1c[nH]c(C(=O)N2CCCC2)c1. The molecule has 0 aliphatic carbocycles. The molecule has 0 saturated carbocycles. The van der Waals surface area contributed by atoms with E-state index in [1.165, 1.54) is 23.6 Å². The third kappa shape index (κ3) is 3.91. The van der Waals surface area contributed by atoms with Crippen LogP contribution in [0.1, 0.15) is 38.6 Å². The van der Waals surface area contributed by atoms with Crippen molar-refractivity contribution >= 4 is 29.0 Å². The van der Waals surface area contributed by atoms with E-state index in [-0.39, 0.29) is 24.7 Å². The maximum Gasteiger partial charge on any atom is 0.311 e. The van der Waals surface area contributed by atoms with E-state index in [0.29, 0.717) is 11.3 Å². The van der Waals surface area contributed by atoms with Crippen molar-refractivity contribution in [2.45, 2.75) is 19.3 Å². The van der Waals surface area contributed by atoms with Crippen LogP contribution in [0.3, 0.4) is 0 Å². The summed E-state index contributed by atoms with van der Waals surface area (Å²) in [4.78, 5) is 41.5. The summed E-state index contributed by atoms with van der Waals surface area (Å²) in [5.41, 5.74) is 0.742. The Balaban J connectivity index is 1.52. The fourth-order valence-corrected chi connectivity index (χ4v) is 3.30. The molecule has 6 nitrogen and oxygen atoms in total. The Labute approximate surface area is 143 Å². The zero-order chi connectivity index (χ0) is 16.9. The van der Waals surface area contributed by atoms with E-state index in [4.69, 9.17) is 4.74 Å². The van der Waals surface area contributed by atoms with Crippen LogP contribution >= 0.6 is 11.3 Å². The fraction of sp³-hybridized carbons (Fsp3) is 0.353. The normalized spacial score (nSPS) is 13.9. The Hall–Kier alpha value is -2.41. The Morgan fingerprint density at radius 2 is 2.04 bits per heavy atom. The number of H-pyrrole nitrogens is 1. The molecule has 2 aromatic heterocycles. The molecule has 1 aliphatic rings. The third-order valence-corrected chi connectivity index (χ3v) is 4.77. The monoisotopic (exact) mass is 346 g/mol. The molecule has 1 fully saturated rings. The van der Waals surface area contributed by atoms with E-state index in [1.54, 1.807) is 4.90 Å². The van der Waals surface area contributed by atoms with E-state index < -0.39 is 5.97 Å². The van der Waals surface area contributed by atoms with Crippen molar-refractivity contribution < 1.29 is 19.1 Å². The average Bonchev–Trinajstić information content (AvgIpc) is 3.33. The van der Waals surface area contributed by atoms with Crippen molar-refractivity contribution in [3.8, 4) is 0 Å². The highest BCUT2D eigenvalue weighted by molar-refractivity contribution is 7.10. The standard InChI is InChI=1S/C17H18N2O4S/c20-15(11-23-16(21)9-13-4-3-7-24-13)12-8-14(18-10-12)17(22)19-5-1-2-6-19/h3-4,7-8,10,18H,1-2,5-6,9,11H2. The van der Waals surface area contributed by atoms with Gasteiger partial charge >= 0.3 is 5.97 Å². The zero-order valence-corrected chi connectivity index (χ0v) is 13.9. The van der Waals surface area contributed by atoms with Gasteiger partial charge in [-0.05, 0) is 30.4 Å². The fourth-order valence-electron chi connectivity index (χ4n) is 2.61. The summed E-state index contributed by atoms with van der Waals surface area (Å²) in [6.07, 6.45) is 3.67. The van der Waals surface area contributed by atoms with Crippen molar-refractivity contribution in [1.29, 1.82) is 0 Å². The number of likely N-dealkylation sites (tertiary alicyclic amines) is 1. The number of hydrogen-bond acceptors (Lipinski definition) is 5. The molecule has 1 amide bonds. The van der Waals surface area contributed by atoms with Crippen LogP contribution in [0.25, 0.3) is 0 Å². The lowest BCUT2D eigenvalue weighted by molar-refractivity contribution is -0.141. The molecule has 7 heteroatoms. The topological polar surface area (TPSA) is 79.5 Å². The minimum atomic E-state index is -0.435. The number of Topliss-reactive ketones (excluding diaryl/α,β-unsaturated/α-hetero) is 1. The molecule has 126 valence electrons. The maximum absolute atomic E-state index is 12.2. The van der Waals surface area contributed by atoms with Gasteiger partial charge in [-0.1, -0.05) is 6.07 Å². The van der Waals surface area contributed by atoms with E-state index in [2.05, 4.69) is 4.98 Å². The molecule has 0 radical (unpaired) electrons. The Morgan fingerprint density at radius 1 is 1.25 bits per heavy atom. The largest absolute Gasteiger partial charge is 0.457 e. The van der Waals surface area contributed by atoms with Crippen LogP contribution in [0.4, 0.5) is 0 Å². The first kappa shape index (κ1) is 16.4. The number of esters is 1. The molecule has 1 aliphatic heterocycles. The molecule has 0 spiro atoms. The van der Waals surface area contributed by atoms with Crippen LogP contribution < -0.4 is 0 Å². The van der Waals surface area contributed by atoms with Crippen molar-refractivity contribution in [1.82, 2.24) is 9.88 Å². The van der Waals surface area contributed by atoms with E-state index in [0.717, 1.165) is 30.8 Å². The first-order chi connectivity index (χ1) is 11.6. The number of carbonyl (C=O) groups excluding carboxylic acids is 3. The second-order valence-electron chi connectivity index (χ2n) is 5.64. The number of ether oxygens (including phenoxy) is 1. The van der Waals surface area contributed by atoms with Gasteiger partial charge in [0.2, 0.25) is 5.78 Å². The summed E-state index contributed by atoms with van der Waals surface area (Å²) in [6, 6.07) is 5.23. The first-order valence-electron chi connectivity index (χ1n) is 7.82. The summed E-state index contributed by atoms with van der Waals surface area (Å²) in [5.74, 6) is -0.859. The molecular weight excluding hydrogens is 328 g/mol. The molecule has 0 aromatic carbocycles. The summed E-state index contributed by atoms with van der Waals surface area (Å²) in [5, 5.41) is 1.88. The van der Waals surface area contributed by atoms with Gasteiger partial charge < -0.3 is 14.6 Å². The molecule has 0 unspecified atom stereocenters. The van der Waals surface area contributed by atoms with Crippen LogP contribution in [0.5, 0.6) is 0 Å². The predicted octanol–water partition coefficient (Wildman–Crippen LogP) is 2.28. The molecule has 0 atom stereocenters. The molecule has 2 aromatic rings. The number of aromatic nitrogens is 1. The van der Waals surface area contributed by atoms with Crippen LogP contribution in [0.2, 0.25) is 0 Å². The number of carbonyl (C=O) groups is 3. The predicted molar refractivity (Wildman–Crippen MR) is 89.2 cm³/mol. The highest BCUT2D eigenvalue weighted by Gasteiger charge is 2.22. The molecule has 1 N–H and O–H groups in total. The highest BCUT2D eigenvalue weighted by Crippen LogP contribution is 2.14. The van der Waals surface area contributed by atoms with Crippen molar-refractivity contribution in [2.75, 3.05) is 19.7 Å². The number of aromatic amines is 1. The number of amides is 1. The van der Waals surface area contributed by atoms with Gasteiger partial charge in [0.25, 0.3) is 5.91 Å². The summed E-state index contributed by atoms with van der Waals surface area (Å²) < 4.78 is 5.01. The van der Waals surface area contributed by atoms with Crippen LogP contribution in [-0.4, -0.2) is 47.2 Å². The lowest BCUT2D eigenvalue weighted by Crippen LogP contribution is -2.27. The first-order valence-corrected chi connectivity index (χ1v) is 8.70. The highest BCUT2D eigenvalue weighted by atomic mass is 32.1. The van der Waals surface area contributed by atoms with Gasteiger partial charge in [-0.15, -0.1) is 11.3 Å². The van der Waals surface area contributed by atoms with Gasteiger partial charge in [0.15, 0.2) is 6.61 Å². The summed E-state index contributed by atoms with van der Waals surface area (Å²) in [6.45, 7) is 1.18. The molecular formula is C17H18N2O4S. The van der Waals surface area contributed by atoms with Gasteiger partial charge in [0.1, 0.15) is 5.69 Å². The summed E-state index contributed by atoms with van der Waals surface area (Å²) >= 11 is 1.47. The Bertz CT molecular complexity index is 730. The summed E-state index contributed by atoms with van der Waals surface area (Å²) in [7, 11) is 0. The van der Waals surface area contributed by atoms with E-state index >= 15 is 0 Å². The number of ketones is 1. The maximum atomic E-state index is 12.2. The van der Waals surface area contributed by atoms with E-state index in [1.807, 2.05) is 17.5 Å². The number of thiophene rings is 1. The van der Waals surface area contributed by atoms with Crippen LogP contribution in [0.15, 0.2) is 29.8 Å². The molecule has 0 bridgehead atoms. The van der Waals surface area contributed by atoms with Crippen LogP contribution in [-0.2, 0) is 16.0 Å². The molecule has 1 saturated heterocycles. The number of hydrogen-bond donors (Lipinski definition) is 1. The van der Waals surface area contributed by atoms with Crippen molar-refractivity contribution in [3.63, 3.8) is 0 Å². The molecule has 3 heterocycles. The van der Waals surface area contributed by atoms with Crippen molar-refractivity contribution in [3.05, 3.63) is 45.9 Å². The average molecular weight is 346 g/mol. The second kappa shape index (κ2) is 7.44.